The van der Waals surface area contributed by atoms with Crippen molar-refractivity contribution in [2.45, 2.75) is 58.0 Å². The zero-order valence-corrected chi connectivity index (χ0v) is 11.5. The van der Waals surface area contributed by atoms with E-state index in [9.17, 15) is 0 Å². The molecule has 0 bridgehead atoms. The average Bonchev–Trinajstić information content (AvgIpc) is 2.45. The molecule has 0 heterocycles. The second-order valence-electron chi connectivity index (χ2n) is 5.17. The Balaban J connectivity index is 1.87. The topological polar surface area (TPSA) is 21.3 Å². The highest BCUT2D eigenvalue weighted by molar-refractivity contribution is 5.33. The summed E-state index contributed by atoms with van der Waals surface area (Å²) in [6.45, 7) is 3.88. The smallest absolute Gasteiger partial charge is 0.123 e. The van der Waals surface area contributed by atoms with Crippen molar-refractivity contribution >= 4 is 0 Å². The van der Waals surface area contributed by atoms with E-state index in [-0.39, 0.29) is 0 Å². The van der Waals surface area contributed by atoms with Crippen LogP contribution in [0.1, 0.15) is 51.0 Å². The van der Waals surface area contributed by atoms with Gasteiger partial charge in [-0.3, -0.25) is 0 Å². The number of ether oxygens (including phenoxy) is 1. The largest absolute Gasteiger partial charge is 0.493 e. The van der Waals surface area contributed by atoms with Crippen LogP contribution >= 0.6 is 0 Å². The van der Waals surface area contributed by atoms with Crippen LogP contribution in [0.2, 0.25) is 0 Å². The molecule has 0 amide bonds. The van der Waals surface area contributed by atoms with Gasteiger partial charge in [0.15, 0.2) is 0 Å². The molecule has 1 aromatic rings. The maximum absolute atomic E-state index is 5.79. The molecular weight excluding hydrogens is 222 g/mol. The van der Waals surface area contributed by atoms with Gasteiger partial charge in [-0.15, -0.1) is 0 Å². The zero-order chi connectivity index (χ0) is 12.6. The number of benzene rings is 1. The minimum atomic E-state index is 0.706. The molecule has 0 atom stereocenters. The first-order valence-electron chi connectivity index (χ1n) is 7.34. The summed E-state index contributed by atoms with van der Waals surface area (Å²) >= 11 is 0. The molecule has 2 heteroatoms. The third-order valence-electron chi connectivity index (χ3n) is 3.62. The number of para-hydroxylation sites is 1. The molecule has 2 nitrogen and oxygen atoms in total. The van der Waals surface area contributed by atoms with Gasteiger partial charge in [0, 0.05) is 18.2 Å². The number of rotatable bonds is 6. The Morgan fingerprint density at radius 1 is 1.17 bits per heavy atom. The first kappa shape index (κ1) is 13.4. The highest BCUT2D eigenvalue weighted by Gasteiger charge is 2.13. The van der Waals surface area contributed by atoms with Crippen molar-refractivity contribution in [3.63, 3.8) is 0 Å². The first-order valence-corrected chi connectivity index (χ1v) is 7.34. The molecule has 0 aliphatic heterocycles. The molecule has 0 saturated heterocycles. The van der Waals surface area contributed by atoms with Gasteiger partial charge in [0.1, 0.15) is 5.75 Å². The normalized spacial score (nSPS) is 16.7. The standard InChI is InChI=1S/C16H25NO/c1-2-12-18-16-11-7-6-8-14(16)13-17-15-9-4-3-5-10-15/h6-8,11,15,17H,2-5,9-10,12-13H2,1H3. The summed E-state index contributed by atoms with van der Waals surface area (Å²) in [5.41, 5.74) is 1.29. The van der Waals surface area contributed by atoms with Gasteiger partial charge in [-0.05, 0) is 25.3 Å². The van der Waals surface area contributed by atoms with Crippen molar-refractivity contribution in [1.29, 1.82) is 0 Å². The molecule has 1 saturated carbocycles. The lowest BCUT2D eigenvalue weighted by atomic mass is 9.95. The Bertz CT molecular complexity index is 345. The Kier molecular flexibility index (Phi) is 5.53. The van der Waals surface area contributed by atoms with E-state index >= 15 is 0 Å². The second-order valence-corrected chi connectivity index (χ2v) is 5.17. The van der Waals surface area contributed by atoms with Crippen LogP contribution in [0.15, 0.2) is 24.3 Å². The number of nitrogens with one attached hydrogen (secondary N) is 1. The highest BCUT2D eigenvalue weighted by atomic mass is 16.5. The van der Waals surface area contributed by atoms with Crippen molar-refractivity contribution < 1.29 is 4.74 Å². The predicted octanol–water partition coefficient (Wildman–Crippen LogP) is 3.90. The molecule has 1 aromatic carbocycles. The van der Waals surface area contributed by atoms with Crippen molar-refractivity contribution in [3.05, 3.63) is 29.8 Å². The van der Waals surface area contributed by atoms with Gasteiger partial charge in [0.05, 0.1) is 6.61 Å². The van der Waals surface area contributed by atoms with Crippen LogP contribution in [-0.2, 0) is 6.54 Å². The lowest BCUT2D eigenvalue weighted by Gasteiger charge is -2.23. The minimum Gasteiger partial charge on any atom is -0.493 e. The Hall–Kier alpha value is -1.02. The van der Waals surface area contributed by atoms with Gasteiger partial charge in [0.25, 0.3) is 0 Å². The van der Waals surface area contributed by atoms with Gasteiger partial charge < -0.3 is 10.1 Å². The van der Waals surface area contributed by atoms with Crippen LogP contribution in [0.4, 0.5) is 0 Å². The van der Waals surface area contributed by atoms with E-state index in [1.165, 1.54) is 37.7 Å². The fourth-order valence-electron chi connectivity index (χ4n) is 2.56. The van der Waals surface area contributed by atoms with Gasteiger partial charge in [-0.25, -0.2) is 0 Å². The fraction of sp³-hybridized carbons (Fsp3) is 0.625. The van der Waals surface area contributed by atoms with Crippen LogP contribution in [0.5, 0.6) is 5.75 Å². The molecule has 1 N–H and O–H groups in total. The molecule has 1 fully saturated rings. The highest BCUT2D eigenvalue weighted by Crippen LogP contribution is 2.21. The maximum atomic E-state index is 5.79. The lowest BCUT2D eigenvalue weighted by Crippen LogP contribution is -2.30. The van der Waals surface area contributed by atoms with Crippen molar-refractivity contribution in [2.75, 3.05) is 6.61 Å². The van der Waals surface area contributed by atoms with Gasteiger partial charge >= 0.3 is 0 Å². The van der Waals surface area contributed by atoms with E-state index in [1.54, 1.807) is 0 Å². The third kappa shape index (κ3) is 4.02. The summed E-state index contributed by atoms with van der Waals surface area (Å²) < 4.78 is 5.79. The van der Waals surface area contributed by atoms with Crippen LogP contribution < -0.4 is 10.1 Å². The van der Waals surface area contributed by atoms with Crippen LogP contribution in [0, 0.1) is 0 Å². The quantitative estimate of drug-likeness (QED) is 0.823. The number of hydrogen-bond donors (Lipinski definition) is 1. The molecule has 2 rings (SSSR count). The monoisotopic (exact) mass is 247 g/mol. The van der Waals surface area contributed by atoms with Crippen LogP contribution in [0.3, 0.4) is 0 Å². The maximum Gasteiger partial charge on any atom is 0.123 e. The Morgan fingerprint density at radius 3 is 2.72 bits per heavy atom. The summed E-state index contributed by atoms with van der Waals surface area (Å²) in [5.74, 6) is 1.04. The second kappa shape index (κ2) is 7.42. The van der Waals surface area contributed by atoms with E-state index in [0.29, 0.717) is 6.04 Å². The van der Waals surface area contributed by atoms with Gasteiger partial charge in [-0.2, -0.15) is 0 Å². The van der Waals surface area contributed by atoms with Crippen molar-refractivity contribution in [3.8, 4) is 5.75 Å². The summed E-state index contributed by atoms with van der Waals surface area (Å²) in [4.78, 5) is 0. The summed E-state index contributed by atoms with van der Waals surface area (Å²) in [5, 5.41) is 3.67. The molecule has 1 aliphatic carbocycles. The van der Waals surface area contributed by atoms with Crippen LogP contribution in [-0.4, -0.2) is 12.6 Å². The summed E-state index contributed by atoms with van der Waals surface area (Å²) in [6, 6.07) is 9.10. The third-order valence-corrected chi connectivity index (χ3v) is 3.62. The van der Waals surface area contributed by atoms with E-state index in [1.807, 2.05) is 0 Å². The molecule has 0 aromatic heterocycles. The van der Waals surface area contributed by atoms with Gasteiger partial charge in [0.2, 0.25) is 0 Å². The molecule has 18 heavy (non-hydrogen) atoms. The summed E-state index contributed by atoms with van der Waals surface area (Å²) in [7, 11) is 0. The van der Waals surface area contributed by atoms with Crippen LogP contribution in [0.25, 0.3) is 0 Å². The molecule has 0 spiro atoms. The average molecular weight is 247 g/mol. The Labute approximate surface area is 111 Å². The molecule has 0 unspecified atom stereocenters. The van der Waals surface area contributed by atoms with Crippen molar-refractivity contribution in [1.82, 2.24) is 5.32 Å². The van der Waals surface area contributed by atoms with Gasteiger partial charge in [-0.1, -0.05) is 44.4 Å². The first-order chi connectivity index (χ1) is 8.90. The zero-order valence-electron chi connectivity index (χ0n) is 11.5. The predicted molar refractivity (Wildman–Crippen MR) is 75.9 cm³/mol. The van der Waals surface area contributed by atoms with E-state index in [2.05, 4.69) is 36.5 Å². The lowest BCUT2D eigenvalue weighted by molar-refractivity contribution is 0.310. The van der Waals surface area contributed by atoms with Crippen molar-refractivity contribution in [2.24, 2.45) is 0 Å². The van der Waals surface area contributed by atoms with E-state index in [4.69, 9.17) is 4.74 Å². The fourth-order valence-corrected chi connectivity index (χ4v) is 2.56. The number of hydrogen-bond acceptors (Lipinski definition) is 2. The molecule has 1 aliphatic rings. The van der Waals surface area contributed by atoms with E-state index < -0.39 is 0 Å². The minimum absolute atomic E-state index is 0.706. The summed E-state index contributed by atoms with van der Waals surface area (Å²) in [6.07, 6.45) is 7.89. The SMILES string of the molecule is CCCOc1ccccc1CNC1CCCCC1. The molecule has 0 radical (unpaired) electrons. The molecule has 100 valence electrons. The Morgan fingerprint density at radius 2 is 1.94 bits per heavy atom. The van der Waals surface area contributed by atoms with E-state index in [0.717, 1.165) is 25.3 Å². The molecular formula is C16H25NO.